The molecule has 1 aliphatic rings. The van der Waals surface area contributed by atoms with Crippen molar-refractivity contribution < 1.29 is 0 Å². The van der Waals surface area contributed by atoms with Gasteiger partial charge >= 0.3 is 0 Å². The van der Waals surface area contributed by atoms with Gasteiger partial charge in [-0.05, 0) is 18.6 Å². The fraction of sp³-hybridized carbons (Fsp3) is 0.273. The maximum atomic E-state index is 8.72. The van der Waals surface area contributed by atoms with E-state index in [0.717, 1.165) is 25.3 Å². The number of hydrogen-bond acceptors (Lipinski definition) is 3. The molecule has 0 aromatic carbocycles. The van der Waals surface area contributed by atoms with Crippen LogP contribution in [0.15, 0.2) is 30.4 Å². The van der Waals surface area contributed by atoms with Gasteiger partial charge in [0.05, 0.1) is 0 Å². The van der Waals surface area contributed by atoms with Crippen molar-refractivity contribution in [2.24, 2.45) is 0 Å². The maximum Gasteiger partial charge on any atom is 0.142 e. The lowest BCUT2D eigenvalue weighted by atomic mass is 10.2. The molecule has 0 N–H and O–H groups in total. The van der Waals surface area contributed by atoms with Gasteiger partial charge in [0.2, 0.25) is 0 Å². The average molecular weight is 185 g/mol. The second-order valence-corrected chi connectivity index (χ2v) is 3.20. The average Bonchev–Trinajstić information content (AvgIpc) is 2.30. The van der Waals surface area contributed by atoms with Crippen molar-refractivity contribution >= 4 is 5.82 Å². The van der Waals surface area contributed by atoms with Crippen LogP contribution in [-0.4, -0.2) is 18.1 Å². The minimum atomic E-state index is 0.483. The fourth-order valence-electron chi connectivity index (χ4n) is 1.51. The molecule has 0 atom stereocenters. The number of hydrogen-bond donors (Lipinski definition) is 0. The highest BCUT2D eigenvalue weighted by molar-refractivity contribution is 5.42. The molecule has 70 valence electrons. The van der Waals surface area contributed by atoms with Gasteiger partial charge in [-0.25, -0.2) is 4.98 Å². The highest BCUT2D eigenvalue weighted by atomic mass is 15.2. The summed E-state index contributed by atoms with van der Waals surface area (Å²) in [6, 6.07) is 7.59. The molecule has 14 heavy (non-hydrogen) atoms. The topological polar surface area (TPSA) is 39.9 Å². The lowest BCUT2D eigenvalue weighted by molar-refractivity contribution is 0.805. The van der Waals surface area contributed by atoms with Crippen molar-refractivity contribution in [2.75, 3.05) is 18.0 Å². The van der Waals surface area contributed by atoms with E-state index in [1.807, 2.05) is 12.1 Å². The van der Waals surface area contributed by atoms with Crippen LogP contribution in [0.1, 0.15) is 12.1 Å². The zero-order chi connectivity index (χ0) is 9.80. The van der Waals surface area contributed by atoms with Crippen LogP contribution in [0, 0.1) is 11.3 Å². The first kappa shape index (κ1) is 8.76. The maximum absolute atomic E-state index is 8.72. The Hall–Kier alpha value is -1.82. The summed E-state index contributed by atoms with van der Waals surface area (Å²) in [7, 11) is 0. The van der Waals surface area contributed by atoms with E-state index in [0.29, 0.717) is 5.69 Å². The van der Waals surface area contributed by atoms with Crippen LogP contribution in [0.2, 0.25) is 0 Å². The normalized spacial score (nSPS) is 15.2. The molecule has 0 saturated carbocycles. The summed E-state index contributed by atoms with van der Waals surface area (Å²) in [4.78, 5) is 6.41. The molecular formula is C11H11N3. The van der Waals surface area contributed by atoms with Crippen LogP contribution in [0.25, 0.3) is 0 Å². The molecule has 2 heterocycles. The van der Waals surface area contributed by atoms with E-state index in [2.05, 4.69) is 28.1 Å². The molecule has 1 aromatic heterocycles. The summed E-state index contributed by atoms with van der Waals surface area (Å²) in [6.45, 7) is 1.88. The van der Waals surface area contributed by atoms with E-state index in [9.17, 15) is 0 Å². The first-order valence-corrected chi connectivity index (χ1v) is 4.67. The Morgan fingerprint density at radius 3 is 3.00 bits per heavy atom. The van der Waals surface area contributed by atoms with E-state index in [4.69, 9.17) is 5.26 Å². The van der Waals surface area contributed by atoms with Gasteiger partial charge in [0.25, 0.3) is 0 Å². The third-order valence-electron chi connectivity index (χ3n) is 2.23. The molecule has 3 nitrogen and oxygen atoms in total. The molecule has 1 aliphatic heterocycles. The summed E-state index contributed by atoms with van der Waals surface area (Å²) in [5, 5.41) is 8.72. The second kappa shape index (κ2) is 3.93. The van der Waals surface area contributed by atoms with E-state index >= 15 is 0 Å². The van der Waals surface area contributed by atoms with Crippen LogP contribution >= 0.6 is 0 Å². The van der Waals surface area contributed by atoms with Gasteiger partial charge in [0.1, 0.15) is 17.6 Å². The van der Waals surface area contributed by atoms with Crippen molar-refractivity contribution in [1.29, 1.82) is 5.26 Å². The third kappa shape index (κ3) is 1.74. The molecule has 3 heteroatoms. The summed E-state index contributed by atoms with van der Waals surface area (Å²) in [5.74, 6) is 0.897. The van der Waals surface area contributed by atoms with E-state index < -0.39 is 0 Å². The highest BCUT2D eigenvalue weighted by Crippen LogP contribution is 2.13. The SMILES string of the molecule is N#Cc1cccc(N2CC=CCC2)n1. The van der Waals surface area contributed by atoms with Crippen molar-refractivity contribution in [2.45, 2.75) is 6.42 Å². The Morgan fingerprint density at radius 1 is 1.36 bits per heavy atom. The molecule has 0 spiro atoms. The Kier molecular flexibility index (Phi) is 2.46. The molecule has 0 radical (unpaired) electrons. The third-order valence-corrected chi connectivity index (χ3v) is 2.23. The minimum Gasteiger partial charge on any atom is -0.353 e. The monoisotopic (exact) mass is 185 g/mol. The predicted molar refractivity (Wildman–Crippen MR) is 54.9 cm³/mol. The largest absolute Gasteiger partial charge is 0.353 e. The predicted octanol–water partition coefficient (Wildman–Crippen LogP) is 1.72. The highest BCUT2D eigenvalue weighted by Gasteiger charge is 2.08. The first-order valence-electron chi connectivity index (χ1n) is 4.67. The van der Waals surface area contributed by atoms with Gasteiger partial charge < -0.3 is 4.90 Å². The number of anilines is 1. The molecule has 0 fully saturated rings. The number of nitrogens with zero attached hydrogens (tertiary/aromatic N) is 3. The molecule has 0 aliphatic carbocycles. The molecule has 1 aromatic rings. The van der Waals surface area contributed by atoms with Crippen molar-refractivity contribution in [1.82, 2.24) is 4.98 Å². The van der Waals surface area contributed by atoms with Crippen LogP contribution in [-0.2, 0) is 0 Å². The summed E-state index contributed by atoms with van der Waals surface area (Å²) in [5.41, 5.74) is 0.483. The lowest BCUT2D eigenvalue weighted by Gasteiger charge is -2.24. The van der Waals surface area contributed by atoms with Gasteiger partial charge in [0.15, 0.2) is 0 Å². The molecule has 0 unspecified atom stereocenters. The summed E-state index contributed by atoms with van der Waals surface area (Å²) < 4.78 is 0. The zero-order valence-corrected chi connectivity index (χ0v) is 7.85. The van der Waals surface area contributed by atoms with Gasteiger partial charge in [-0.15, -0.1) is 0 Å². The number of aromatic nitrogens is 1. The van der Waals surface area contributed by atoms with Gasteiger partial charge in [-0.3, -0.25) is 0 Å². The Bertz CT molecular complexity index is 390. The van der Waals surface area contributed by atoms with Crippen LogP contribution < -0.4 is 4.90 Å². The summed E-state index contributed by atoms with van der Waals surface area (Å²) in [6.07, 6.45) is 5.35. The van der Waals surface area contributed by atoms with Crippen molar-refractivity contribution in [3.05, 3.63) is 36.0 Å². The van der Waals surface area contributed by atoms with Crippen molar-refractivity contribution in [3.63, 3.8) is 0 Å². The quantitative estimate of drug-likeness (QED) is 0.625. The van der Waals surface area contributed by atoms with Gasteiger partial charge in [-0.1, -0.05) is 18.2 Å². The summed E-state index contributed by atoms with van der Waals surface area (Å²) >= 11 is 0. The van der Waals surface area contributed by atoms with Crippen LogP contribution in [0.3, 0.4) is 0 Å². The Labute approximate surface area is 83.3 Å². The zero-order valence-electron chi connectivity index (χ0n) is 7.85. The van der Waals surface area contributed by atoms with Gasteiger partial charge in [-0.2, -0.15) is 5.26 Å². The second-order valence-electron chi connectivity index (χ2n) is 3.20. The standard InChI is InChI=1S/C11H11N3/c12-9-10-5-4-6-11(13-10)14-7-2-1-3-8-14/h1-2,4-6H,3,7-8H2. The molecule has 0 amide bonds. The van der Waals surface area contributed by atoms with Crippen LogP contribution in [0.4, 0.5) is 5.82 Å². The lowest BCUT2D eigenvalue weighted by Crippen LogP contribution is -2.27. The number of pyridine rings is 1. The first-order chi connectivity index (χ1) is 6.90. The van der Waals surface area contributed by atoms with E-state index in [1.165, 1.54) is 0 Å². The van der Waals surface area contributed by atoms with Crippen molar-refractivity contribution in [3.8, 4) is 6.07 Å². The molecular weight excluding hydrogens is 174 g/mol. The molecule has 2 rings (SSSR count). The van der Waals surface area contributed by atoms with Gasteiger partial charge in [0, 0.05) is 13.1 Å². The smallest absolute Gasteiger partial charge is 0.142 e. The Morgan fingerprint density at radius 2 is 2.29 bits per heavy atom. The number of nitriles is 1. The fourth-order valence-corrected chi connectivity index (χ4v) is 1.51. The van der Waals surface area contributed by atoms with E-state index in [1.54, 1.807) is 6.07 Å². The molecule has 0 bridgehead atoms. The van der Waals surface area contributed by atoms with Crippen LogP contribution in [0.5, 0.6) is 0 Å². The Balaban J connectivity index is 2.23. The minimum absolute atomic E-state index is 0.483. The van der Waals surface area contributed by atoms with E-state index in [-0.39, 0.29) is 0 Å². The molecule has 0 saturated heterocycles. The number of rotatable bonds is 1.